The van der Waals surface area contributed by atoms with E-state index in [9.17, 15) is 4.79 Å². The Bertz CT molecular complexity index is 992. The predicted octanol–water partition coefficient (Wildman–Crippen LogP) is 3.19. The molecule has 1 amide bonds. The van der Waals surface area contributed by atoms with Gasteiger partial charge >= 0.3 is 0 Å². The highest BCUT2D eigenvalue weighted by Crippen LogP contribution is 2.40. The number of imidazole rings is 1. The van der Waals surface area contributed by atoms with Gasteiger partial charge in [-0.25, -0.2) is 4.98 Å². The molecule has 3 aromatic rings. The van der Waals surface area contributed by atoms with Crippen molar-refractivity contribution in [1.29, 1.82) is 0 Å². The number of likely N-dealkylation sites (tertiary alicyclic amines) is 1. The van der Waals surface area contributed by atoms with Crippen LogP contribution in [-0.2, 0) is 6.54 Å². The van der Waals surface area contributed by atoms with Crippen LogP contribution in [-0.4, -0.2) is 45.1 Å². The Hall–Kier alpha value is -2.93. The summed E-state index contributed by atoms with van der Waals surface area (Å²) in [6.45, 7) is 4.65. The quantitative estimate of drug-likeness (QED) is 0.674. The van der Waals surface area contributed by atoms with Crippen LogP contribution in [0.4, 0.5) is 0 Å². The molecule has 1 saturated carbocycles. The number of carbonyl (C=O) groups is 1. The number of aromatic nitrogens is 3. The third kappa shape index (κ3) is 3.96. The van der Waals surface area contributed by atoms with Gasteiger partial charge in [0.25, 0.3) is 5.91 Å². The van der Waals surface area contributed by atoms with E-state index in [0.29, 0.717) is 17.5 Å². The molecule has 3 heterocycles. The van der Waals surface area contributed by atoms with Crippen LogP contribution < -0.4 is 5.32 Å². The largest absolute Gasteiger partial charge is 0.360 e. The maximum Gasteiger partial charge on any atom is 0.273 e. The first-order valence-electron chi connectivity index (χ1n) is 10.3. The third-order valence-corrected chi connectivity index (χ3v) is 5.81. The van der Waals surface area contributed by atoms with Gasteiger partial charge in [-0.05, 0) is 18.8 Å². The van der Waals surface area contributed by atoms with Gasteiger partial charge in [0.05, 0.1) is 5.69 Å². The maximum absolute atomic E-state index is 12.6. The van der Waals surface area contributed by atoms with Crippen molar-refractivity contribution in [1.82, 2.24) is 25.3 Å². The van der Waals surface area contributed by atoms with Crippen molar-refractivity contribution in [3.05, 3.63) is 59.7 Å². The predicted molar refractivity (Wildman–Crippen MR) is 108 cm³/mol. The van der Waals surface area contributed by atoms with Crippen LogP contribution in [0.5, 0.6) is 0 Å². The van der Waals surface area contributed by atoms with Gasteiger partial charge in [0.2, 0.25) is 0 Å². The van der Waals surface area contributed by atoms with Crippen LogP contribution in [0.3, 0.4) is 0 Å². The van der Waals surface area contributed by atoms with Crippen molar-refractivity contribution < 1.29 is 9.32 Å². The number of amides is 1. The molecule has 1 aliphatic carbocycles. The Balaban J connectivity index is 1.18. The summed E-state index contributed by atoms with van der Waals surface area (Å²) >= 11 is 0. The van der Waals surface area contributed by atoms with Crippen molar-refractivity contribution in [2.75, 3.05) is 13.1 Å². The van der Waals surface area contributed by atoms with Gasteiger partial charge in [-0.3, -0.25) is 9.69 Å². The van der Waals surface area contributed by atoms with Gasteiger partial charge in [-0.15, -0.1) is 0 Å². The second kappa shape index (κ2) is 7.48. The zero-order chi connectivity index (χ0) is 19.8. The zero-order valence-corrected chi connectivity index (χ0v) is 16.5. The normalized spacial score (nSPS) is 22.1. The number of H-pyrrole nitrogens is 1. The highest BCUT2D eigenvalue weighted by atomic mass is 16.5. The van der Waals surface area contributed by atoms with Crippen LogP contribution in [0, 0.1) is 5.92 Å². The molecule has 0 spiro atoms. The summed E-state index contributed by atoms with van der Waals surface area (Å²) in [4.78, 5) is 22.9. The van der Waals surface area contributed by atoms with E-state index < -0.39 is 0 Å². The molecular formula is C22H25N5O2. The molecule has 150 valence electrons. The van der Waals surface area contributed by atoms with Gasteiger partial charge in [0.1, 0.15) is 11.6 Å². The minimum absolute atomic E-state index is 0.0936. The molecule has 7 nitrogen and oxygen atoms in total. The number of nitrogens with one attached hydrogen (secondary N) is 2. The lowest BCUT2D eigenvalue weighted by atomic mass is 10.1. The molecule has 2 unspecified atom stereocenters. The smallest absolute Gasteiger partial charge is 0.273 e. The Morgan fingerprint density at radius 2 is 2.10 bits per heavy atom. The molecule has 1 aromatic carbocycles. The highest BCUT2D eigenvalue weighted by Gasteiger charge is 2.33. The number of aromatic amines is 1. The van der Waals surface area contributed by atoms with Crippen LogP contribution in [0.1, 0.15) is 47.6 Å². The molecule has 1 aliphatic heterocycles. The summed E-state index contributed by atoms with van der Waals surface area (Å²) < 4.78 is 5.31. The Kier molecular flexibility index (Phi) is 4.67. The van der Waals surface area contributed by atoms with Gasteiger partial charge in [-0.1, -0.05) is 42.4 Å². The van der Waals surface area contributed by atoms with Gasteiger partial charge in [0.15, 0.2) is 5.69 Å². The van der Waals surface area contributed by atoms with Gasteiger partial charge in [-0.2, -0.15) is 0 Å². The number of carbonyl (C=O) groups excluding carboxylic acids is 1. The fourth-order valence-corrected chi connectivity index (χ4v) is 4.00. The summed E-state index contributed by atoms with van der Waals surface area (Å²) in [6, 6.07) is 12.0. The third-order valence-electron chi connectivity index (χ3n) is 5.81. The molecule has 2 fully saturated rings. The second-order valence-corrected chi connectivity index (χ2v) is 8.25. The SMILES string of the molecule is CC1CN(Cc2c[nH]c(-c3ccccc3)n2)CC1NC(=O)c1cc(C2CC2)on1. The number of hydrogen-bond donors (Lipinski definition) is 2. The molecule has 29 heavy (non-hydrogen) atoms. The molecule has 2 aliphatic rings. The molecule has 2 aromatic heterocycles. The lowest BCUT2D eigenvalue weighted by molar-refractivity contribution is 0.0922. The van der Waals surface area contributed by atoms with Crippen molar-refractivity contribution in [2.24, 2.45) is 5.92 Å². The van der Waals surface area contributed by atoms with Crippen molar-refractivity contribution in [3.63, 3.8) is 0 Å². The first-order chi connectivity index (χ1) is 14.2. The lowest BCUT2D eigenvalue weighted by Crippen LogP contribution is -2.40. The fraction of sp³-hybridized carbons (Fsp3) is 0.409. The van der Waals surface area contributed by atoms with Crippen molar-refractivity contribution >= 4 is 5.91 Å². The Morgan fingerprint density at radius 1 is 1.28 bits per heavy atom. The van der Waals surface area contributed by atoms with E-state index in [4.69, 9.17) is 9.51 Å². The van der Waals surface area contributed by atoms with E-state index in [1.54, 1.807) is 6.07 Å². The van der Waals surface area contributed by atoms with Crippen LogP contribution in [0.25, 0.3) is 11.4 Å². The number of rotatable bonds is 6. The topological polar surface area (TPSA) is 87.0 Å². The molecular weight excluding hydrogens is 366 g/mol. The lowest BCUT2D eigenvalue weighted by Gasteiger charge is -2.16. The average molecular weight is 391 g/mol. The fourth-order valence-electron chi connectivity index (χ4n) is 4.00. The zero-order valence-electron chi connectivity index (χ0n) is 16.5. The van der Waals surface area contributed by atoms with Gasteiger partial charge < -0.3 is 14.8 Å². The number of hydrogen-bond acceptors (Lipinski definition) is 5. The summed E-state index contributed by atoms with van der Waals surface area (Å²) in [7, 11) is 0. The number of nitrogens with zero attached hydrogens (tertiary/aromatic N) is 3. The van der Waals surface area contributed by atoms with Crippen LogP contribution >= 0.6 is 0 Å². The molecule has 2 atom stereocenters. The van der Waals surface area contributed by atoms with Crippen molar-refractivity contribution in [3.8, 4) is 11.4 Å². The standard InChI is InChI=1S/C22H25N5O2/c1-14-11-27(12-17-10-23-21(24-17)16-5-3-2-4-6-16)13-19(14)25-22(28)18-9-20(29-26-18)15-7-8-15/h2-6,9-10,14-15,19H,7-8,11-13H2,1H3,(H,23,24)(H,25,28). The van der Waals surface area contributed by atoms with E-state index in [0.717, 1.165) is 55.3 Å². The van der Waals surface area contributed by atoms with E-state index in [2.05, 4.69) is 27.3 Å². The maximum atomic E-state index is 12.6. The minimum atomic E-state index is -0.148. The van der Waals surface area contributed by atoms with Crippen molar-refractivity contribution in [2.45, 2.75) is 38.3 Å². The Labute approximate surface area is 169 Å². The molecule has 0 bridgehead atoms. The summed E-state index contributed by atoms with van der Waals surface area (Å²) in [5.74, 6) is 2.39. The molecule has 1 saturated heterocycles. The molecule has 2 N–H and O–H groups in total. The van der Waals surface area contributed by atoms with Crippen LogP contribution in [0.15, 0.2) is 47.1 Å². The molecule has 0 radical (unpaired) electrons. The monoisotopic (exact) mass is 391 g/mol. The summed E-state index contributed by atoms with van der Waals surface area (Å²) in [5, 5.41) is 7.08. The molecule has 5 rings (SSSR count). The van der Waals surface area contributed by atoms with E-state index >= 15 is 0 Å². The summed E-state index contributed by atoms with van der Waals surface area (Å²) in [5.41, 5.74) is 2.47. The number of benzene rings is 1. The first kappa shape index (κ1) is 18.1. The minimum Gasteiger partial charge on any atom is -0.360 e. The highest BCUT2D eigenvalue weighted by molar-refractivity contribution is 5.92. The van der Waals surface area contributed by atoms with E-state index in [1.807, 2.05) is 36.5 Å². The van der Waals surface area contributed by atoms with Crippen LogP contribution in [0.2, 0.25) is 0 Å². The summed E-state index contributed by atoms with van der Waals surface area (Å²) in [6.07, 6.45) is 4.22. The Morgan fingerprint density at radius 3 is 2.90 bits per heavy atom. The molecule has 7 heteroatoms. The van der Waals surface area contributed by atoms with Gasteiger partial charge in [0, 0.05) is 49.4 Å². The first-order valence-corrected chi connectivity index (χ1v) is 10.3. The van der Waals surface area contributed by atoms with E-state index in [1.165, 1.54) is 0 Å². The average Bonchev–Trinajstić information content (AvgIpc) is 3.13. The second-order valence-electron chi connectivity index (χ2n) is 8.25. The van der Waals surface area contributed by atoms with E-state index in [-0.39, 0.29) is 11.9 Å².